The van der Waals surface area contributed by atoms with E-state index < -0.39 is 17.5 Å². The van der Waals surface area contributed by atoms with Crippen LogP contribution in [0.2, 0.25) is 0 Å². The highest BCUT2D eigenvalue weighted by molar-refractivity contribution is 5.95. The largest absolute Gasteiger partial charge is 0.396 e. The van der Waals surface area contributed by atoms with Crippen molar-refractivity contribution in [3.8, 4) is 0 Å². The number of nitrogens with two attached hydrogens (primary N) is 1. The van der Waals surface area contributed by atoms with Crippen molar-refractivity contribution in [1.82, 2.24) is 9.80 Å². The number of carbonyl (C=O) groups is 1. The van der Waals surface area contributed by atoms with Crippen LogP contribution in [0.5, 0.6) is 0 Å². The summed E-state index contributed by atoms with van der Waals surface area (Å²) in [7, 11) is 5.40. The van der Waals surface area contributed by atoms with Crippen LogP contribution in [0.25, 0.3) is 0 Å². The standard InChI is InChI=1S/C13H19F2N3O/c1-17(2)5-4-6-18(3)13(19)10-7-9(14)8-11(16)12(10)15/h7-8H,4-6,16H2,1-3H3. The number of benzene rings is 1. The number of nitrogens with zero attached hydrogens (tertiary/aromatic N) is 2. The van der Waals surface area contributed by atoms with Crippen LogP contribution in [-0.4, -0.2) is 49.9 Å². The minimum Gasteiger partial charge on any atom is -0.396 e. The van der Waals surface area contributed by atoms with Crippen LogP contribution in [0.3, 0.4) is 0 Å². The molecular weight excluding hydrogens is 252 g/mol. The lowest BCUT2D eigenvalue weighted by Gasteiger charge is -2.19. The quantitative estimate of drug-likeness (QED) is 0.827. The molecule has 0 aliphatic heterocycles. The number of rotatable bonds is 5. The van der Waals surface area contributed by atoms with E-state index in [9.17, 15) is 13.6 Å². The van der Waals surface area contributed by atoms with Gasteiger partial charge in [0.25, 0.3) is 5.91 Å². The number of hydrogen-bond acceptors (Lipinski definition) is 3. The van der Waals surface area contributed by atoms with Gasteiger partial charge in [0.1, 0.15) is 5.82 Å². The topological polar surface area (TPSA) is 49.6 Å². The Labute approximate surface area is 111 Å². The summed E-state index contributed by atoms with van der Waals surface area (Å²) in [6, 6.07) is 1.73. The van der Waals surface area contributed by atoms with Crippen LogP contribution < -0.4 is 5.73 Å². The Morgan fingerprint density at radius 1 is 1.21 bits per heavy atom. The molecule has 0 aromatic heterocycles. The second-order valence-electron chi connectivity index (χ2n) is 4.74. The molecule has 0 unspecified atom stereocenters. The maximum Gasteiger partial charge on any atom is 0.256 e. The number of hydrogen-bond donors (Lipinski definition) is 1. The van der Waals surface area contributed by atoms with Crippen LogP contribution in [0, 0.1) is 11.6 Å². The lowest BCUT2D eigenvalue weighted by molar-refractivity contribution is 0.0785. The Balaban J connectivity index is 2.77. The summed E-state index contributed by atoms with van der Waals surface area (Å²) in [4.78, 5) is 15.3. The smallest absolute Gasteiger partial charge is 0.256 e. The second kappa shape index (κ2) is 6.47. The number of anilines is 1. The summed E-state index contributed by atoms with van der Waals surface area (Å²) in [6.07, 6.45) is 0.752. The molecule has 0 heterocycles. The Kier molecular flexibility index (Phi) is 5.23. The highest BCUT2D eigenvalue weighted by atomic mass is 19.1. The molecule has 0 saturated carbocycles. The van der Waals surface area contributed by atoms with Crippen LogP contribution in [-0.2, 0) is 0 Å². The van der Waals surface area contributed by atoms with E-state index in [0.717, 1.165) is 25.1 Å². The molecule has 0 saturated heterocycles. The van der Waals surface area contributed by atoms with Crippen molar-refractivity contribution in [2.24, 2.45) is 0 Å². The summed E-state index contributed by atoms with van der Waals surface area (Å²) in [5.41, 5.74) is 4.62. The van der Waals surface area contributed by atoms with Gasteiger partial charge in [0, 0.05) is 13.6 Å². The first kappa shape index (κ1) is 15.4. The van der Waals surface area contributed by atoms with E-state index in [1.807, 2.05) is 19.0 Å². The Morgan fingerprint density at radius 3 is 2.42 bits per heavy atom. The molecule has 1 rings (SSSR count). The average Bonchev–Trinajstić information content (AvgIpc) is 2.32. The molecule has 0 radical (unpaired) electrons. The van der Waals surface area contributed by atoms with E-state index in [-0.39, 0.29) is 11.3 Å². The zero-order chi connectivity index (χ0) is 14.6. The van der Waals surface area contributed by atoms with Gasteiger partial charge in [-0.05, 0) is 39.2 Å². The summed E-state index contributed by atoms with van der Waals surface area (Å²) in [6.45, 7) is 1.28. The van der Waals surface area contributed by atoms with E-state index >= 15 is 0 Å². The van der Waals surface area contributed by atoms with Gasteiger partial charge in [0.05, 0.1) is 11.3 Å². The molecule has 0 atom stereocenters. The molecule has 2 N–H and O–H groups in total. The normalized spacial score (nSPS) is 10.8. The number of halogens is 2. The van der Waals surface area contributed by atoms with Gasteiger partial charge >= 0.3 is 0 Å². The van der Waals surface area contributed by atoms with Gasteiger partial charge in [0.2, 0.25) is 0 Å². The molecule has 6 heteroatoms. The van der Waals surface area contributed by atoms with E-state index in [4.69, 9.17) is 5.73 Å². The van der Waals surface area contributed by atoms with Crippen LogP contribution in [0.15, 0.2) is 12.1 Å². The minimum absolute atomic E-state index is 0.329. The van der Waals surface area contributed by atoms with Gasteiger partial charge in [-0.15, -0.1) is 0 Å². The minimum atomic E-state index is -0.870. The first-order valence-corrected chi connectivity index (χ1v) is 5.97. The molecule has 1 aromatic rings. The summed E-state index contributed by atoms with van der Waals surface area (Å²) < 4.78 is 26.9. The zero-order valence-corrected chi connectivity index (χ0v) is 11.4. The number of amides is 1. The molecule has 4 nitrogen and oxygen atoms in total. The summed E-state index contributed by atoms with van der Waals surface area (Å²) >= 11 is 0. The van der Waals surface area contributed by atoms with Gasteiger partial charge in [-0.25, -0.2) is 8.78 Å². The first-order chi connectivity index (χ1) is 8.82. The third-order valence-electron chi connectivity index (χ3n) is 2.74. The highest BCUT2D eigenvalue weighted by Gasteiger charge is 2.19. The SMILES string of the molecule is CN(C)CCCN(C)C(=O)c1cc(F)cc(N)c1F. The van der Waals surface area contributed by atoms with Crippen molar-refractivity contribution in [2.45, 2.75) is 6.42 Å². The van der Waals surface area contributed by atoms with Crippen molar-refractivity contribution in [2.75, 3.05) is 40.0 Å². The first-order valence-electron chi connectivity index (χ1n) is 5.97. The third kappa shape index (κ3) is 4.17. The van der Waals surface area contributed by atoms with Crippen molar-refractivity contribution in [3.05, 3.63) is 29.3 Å². The molecule has 0 aliphatic rings. The van der Waals surface area contributed by atoms with Gasteiger partial charge < -0.3 is 15.5 Å². The number of nitrogen functional groups attached to an aromatic ring is 1. The van der Waals surface area contributed by atoms with E-state index in [1.165, 1.54) is 4.90 Å². The lowest BCUT2D eigenvalue weighted by atomic mass is 10.1. The fourth-order valence-corrected chi connectivity index (χ4v) is 1.70. The maximum absolute atomic E-state index is 13.7. The molecule has 106 valence electrons. The van der Waals surface area contributed by atoms with Gasteiger partial charge in [-0.1, -0.05) is 0 Å². The Hall–Kier alpha value is -1.69. The fourth-order valence-electron chi connectivity index (χ4n) is 1.70. The number of carbonyl (C=O) groups excluding carboxylic acids is 1. The zero-order valence-electron chi connectivity index (χ0n) is 11.4. The molecule has 1 aromatic carbocycles. The van der Waals surface area contributed by atoms with Gasteiger partial charge in [-0.2, -0.15) is 0 Å². The van der Waals surface area contributed by atoms with Crippen LogP contribution in [0.1, 0.15) is 16.8 Å². The van der Waals surface area contributed by atoms with Crippen molar-refractivity contribution in [3.63, 3.8) is 0 Å². The lowest BCUT2D eigenvalue weighted by Crippen LogP contribution is -2.30. The average molecular weight is 271 g/mol. The predicted molar refractivity (Wildman–Crippen MR) is 70.9 cm³/mol. The fraction of sp³-hybridized carbons (Fsp3) is 0.462. The third-order valence-corrected chi connectivity index (χ3v) is 2.74. The maximum atomic E-state index is 13.7. The van der Waals surface area contributed by atoms with Crippen molar-refractivity contribution in [1.29, 1.82) is 0 Å². The molecule has 0 aliphatic carbocycles. The van der Waals surface area contributed by atoms with E-state index in [1.54, 1.807) is 7.05 Å². The van der Waals surface area contributed by atoms with Crippen LogP contribution >= 0.6 is 0 Å². The molecule has 19 heavy (non-hydrogen) atoms. The molecular formula is C13H19F2N3O. The second-order valence-corrected chi connectivity index (χ2v) is 4.74. The van der Waals surface area contributed by atoms with Crippen molar-refractivity contribution < 1.29 is 13.6 Å². The molecule has 0 fully saturated rings. The van der Waals surface area contributed by atoms with Crippen molar-refractivity contribution >= 4 is 11.6 Å². The van der Waals surface area contributed by atoms with Gasteiger partial charge in [-0.3, -0.25) is 4.79 Å². The molecule has 1 amide bonds. The molecule has 0 spiro atoms. The summed E-state index contributed by atoms with van der Waals surface area (Å²) in [5, 5.41) is 0. The Morgan fingerprint density at radius 2 is 1.84 bits per heavy atom. The van der Waals surface area contributed by atoms with E-state index in [0.29, 0.717) is 6.54 Å². The predicted octanol–water partition coefficient (Wildman–Crippen LogP) is 1.57. The Bertz CT molecular complexity index is 463. The monoisotopic (exact) mass is 271 g/mol. The van der Waals surface area contributed by atoms with Crippen LogP contribution in [0.4, 0.5) is 14.5 Å². The molecule has 0 bridgehead atoms. The summed E-state index contributed by atoms with van der Waals surface area (Å²) in [5.74, 6) is -2.16. The highest BCUT2D eigenvalue weighted by Crippen LogP contribution is 2.18. The van der Waals surface area contributed by atoms with Gasteiger partial charge in [0.15, 0.2) is 5.82 Å². The van der Waals surface area contributed by atoms with E-state index in [2.05, 4.69) is 0 Å².